The molecule has 0 spiro atoms. The predicted molar refractivity (Wildman–Crippen MR) is 104 cm³/mol. The molecule has 3 heteroatoms. The average Bonchev–Trinajstić information content (AvgIpc) is 3.32. The number of hydrogen-bond acceptors (Lipinski definition) is 0. The van der Waals surface area contributed by atoms with Crippen LogP contribution in [-0.2, 0) is 35.0 Å². The van der Waals surface area contributed by atoms with Gasteiger partial charge >= 0.3 is 75.4 Å². The molecule has 25 heavy (non-hydrogen) atoms. The van der Waals surface area contributed by atoms with Gasteiger partial charge in [0.05, 0.1) is 0 Å². The third kappa shape index (κ3) is 7.42. The van der Waals surface area contributed by atoms with E-state index in [0.717, 1.165) is 26.6 Å². The molecule has 0 fully saturated rings. The first-order valence-electron chi connectivity index (χ1n) is 8.07. The first kappa shape index (κ1) is 20.3. The van der Waals surface area contributed by atoms with Crippen LogP contribution in [0.2, 0.25) is 0 Å². The fraction of sp³-hybridized carbons (Fsp3) is 0.0909. The molecule has 0 radical (unpaired) electrons. The second kappa shape index (κ2) is 11.6. The zero-order valence-electron chi connectivity index (χ0n) is 13.8. The maximum absolute atomic E-state index is 2.26. The van der Waals surface area contributed by atoms with E-state index in [1.165, 1.54) is 23.5 Å². The number of rotatable bonds is 4. The Labute approximate surface area is 171 Å². The van der Waals surface area contributed by atoms with Gasteiger partial charge < -0.3 is 0 Å². The topological polar surface area (TPSA) is 0 Å². The molecule has 0 aromatic heterocycles. The molecule has 4 rings (SSSR count). The van der Waals surface area contributed by atoms with Crippen LogP contribution < -0.4 is 10.6 Å². The number of hydrogen-bond donors (Lipinski definition) is 0. The van der Waals surface area contributed by atoms with Crippen LogP contribution in [0.5, 0.6) is 0 Å². The van der Waals surface area contributed by atoms with Gasteiger partial charge in [-0.15, -0.1) is 0 Å². The quantitative estimate of drug-likeness (QED) is 0.425. The molecule has 0 saturated heterocycles. The molecule has 2 aromatic carbocycles. The van der Waals surface area contributed by atoms with E-state index in [0.29, 0.717) is 0 Å². The monoisotopic (exact) mass is 478 g/mol. The Morgan fingerprint density at radius 3 is 1.44 bits per heavy atom. The van der Waals surface area contributed by atoms with E-state index in [2.05, 4.69) is 97.1 Å². The van der Waals surface area contributed by atoms with Crippen LogP contribution in [0.4, 0.5) is 0 Å². The third-order valence-corrected chi connectivity index (χ3v) is 6.84. The first-order valence-corrected chi connectivity index (χ1v) is 10.6. The minimum absolute atomic E-state index is 0. The summed E-state index contributed by atoms with van der Waals surface area (Å²) in [6, 6.07) is 21.2. The van der Waals surface area contributed by atoms with Gasteiger partial charge in [0, 0.05) is 17.1 Å². The summed E-state index contributed by atoms with van der Waals surface area (Å²) in [6.07, 6.45) is 15.7. The molecular formula is C22H21FePPd. The molecule has 0 nitrogen and oxygen atoms in total. The van der Waals surface area contributed by atoms with Gasteiger partial charge in [0.25, 0.3) is 0 Å². The van der Waals surface area contributed by atoms with E-state index in [1.54, 1.807) is 8.09 Å². The molecule has 2 aliphatic rings. The normalized spacial score (nSPS) is 14.4. The fourth-order valence-corrected chi connectivity index (χ4v) is 5.21. The zero-order chi connectivity index (χ0) is 16.5. The Bertz CT molecular complexity index is 696. The van der Waals surface area contributed by atoms with E-state index in [4.69, 9.17) is 0 Å². The molecule has 0 aliphatic heterocycles. The van der Waals surface area contributed by atoms with Crippen molar-refractivity contribution in [1.82, 2.24) is 0 Å². The van der Waals surface area contributed by atoms with Crippen molar-refractivity contribution in [2.45, 2.75) is 12.8 Å². The number of allylic oxidation sites excluding steroid dienone is 8. The van der Waals surface area contributed by atoms with Gasteiger partial charge in [-0.25, -0.2) is 0 Å². The van der Waals surface area contributed by atoms with Gasteiger partial charge in [-0.3, -0.25) is 0 Å². The van der Waals surface area contributed by atoms with Crippen molar-refractivity contribution in [2.24, 2.45) is 0 Å². The largest absolute Gasteiger partial charge is 0.0622 e. The Morgan fingerprint density at radius 2 is 1.08 bits per heavy atom. The van der Waals surface area contributed by atoms with Crippen molar-refractivity contribution >= 4 is 19.2 Å². The van der Waals surface area contributed by atoms with Crippen molar-refractivity contribution in [3.63, 3.8) is 0 Å². The van der Waals surface area contributed by atoms with Gasteiger partial charge in [-0.05, 0) is 10.6 Å². The Kier molecular flexibility index (Phi) is 9.43. The van der Waals surface area contributed by atoms with Crippen LogP contribution >= 0.6 is 8.58 Å². The summed E-state index contributed by atoms with van der Waals surface area (Å²) in [5.41, 5.74) is 0. The van der Waals surface area contributed by atoms with Crippen LogP contribution in [0.25, 0.3) is 0 Å². The van der Waals surface area contributed by atoms with Gasteiger partial charge in [0.2, 0.25) is 0 Å². The first-order chi connectivity index (χ1) is 11.9. The summed E-state index contributed by atoms with van der Waals surface area (Å²) in [4.78, 5) is 0. The van der Waals surface area contributed by atoms with Crippen molar-refractivity contribution in [3.8, 4) is 0 Å². The molecule has 132 valence electrons. The molecule has 2 aromatic rings. The maximum Gasteiger partial charge on any atom is 0 e. The van der Waals surface area contributed by atoms with E-state index >= 15 is 0 Å². The summed E-state index contributed by atoms with van der Waals surface area (Å²) >= 11 is 0.742. The van der Waals surface area contributed by atoms with Crippen LogP contribution in [0.3, 0.4) is 0 Å². The van der Waals surface area contributed by atoms with Crippen LogP contribution in [0.1, 0.15) is 12.8 Å². The third-order valence-electron chi connectivity index (χ3n) is 3.45. The van der Waals surface area contributed by atoms with Gasteiger partial charge in [0.1, 0.15) is 0 Å². The summed E-state index contributed by atoms with van der Waals surface area (Å²) in [6.45, 7) is 0. The molecule has 0 N–H and O–H groups in total. The minimum atomic E-state index is 0. The predicted octanol–water partition coefficient (Wildman–Crippen LogP) is 5.07. The molecule has 0 saturated carbocycles. The zero-order valence-corrected chi connectivity index (χ0v) is 17.5. The molecule has 0 atom stereocenters. The van der Waals surface area contributed by atoms with E-state index < -0.39 is 0 Å². The second-order valence-electron chi connectivity index (χ2n) is 5.35. The summed E-state index contributed by atoms with van der Waals surface area (Å²) in [7, 11) is 0.777. The standard InChI is InChI=1S/C12H11P.2C5H5.Fe.Pd/c1-3-7-11(8-4-1)13-12-9-5-2-6-10-12;2*1-2-4-5-3-1;;/h1-10,13H;2*1-3H,4H2;;. The van der Waals surface area contributed by atoms with Crippen molar-refractivity contribution in [1.29, 1.82) is 0 Å². The van der Waals surface area contributed by atoms with Gasteiger partial charge in [-0.2, -0.15) is 0 Å². The number of benzene rings is 2. The van der Waals surface area contributed by atoms with Crippen LogP contribution in [-0.4, -0.2) is 0 Å². The SMILES string of the molecule is C1=CC[C]([Pd][C]2=CC=CC2)=C1.[Fe].c1ccc(Pc2ccccc2)cc1. The Morgan fingerprint density at radius 1 is 0.640 bits per heavy atom. The molecule has 2 aliphatic carbocycles. The maximum atomic E-state index is 2.26. The van der Waals surface area contributed by atoms with Crippen molar-refractivity contribution in [3.05, 3.63) is 105 Å². The smallest absolute Gasteiger partial charge is 0 e. The van der Waals surface area contributed by atoms with Gasteiger partial charge in [0.15, 0.2) is 0 Å². The summed E-state index contributed by atoms with van der Waals surface area (Å²) in [5.74, 6) is 0. The molecular weight excluding hydrogens is 457 g/mol. The van der Waals surface area contributed by atoms with E-state index in [1.807, 2.05) is 0 Å². The summed E-state index contributed by atoms with van der Waals surface area (Å²) in [5, 5.41) is 2.79. The molecule has 0 amide bonds. The average molecular weight is 479 g/mol. The molecule has 0 bridgehead atoms. The Hall–Kier alpha value is -0.988. The van der Waals surface area contributed by atoms with Crippen LogP contribution in [0, 0.1) is 0 Å². The van der Waals surface area contributed by atoms with Gasteiger partial charge in [-0.1, -0.05) is 69.2 Å². The molecule has 0 unspecified atom stereocenters. The minimum Gasteiger partial charge on any atom is -0.0622 e. The second-order valence-corrected chi connectivity index (χ2v) is 9.14. The molecule has 0 heterocycles. The van der Waals surface area contributed by atoms with E-state index in [-0.39, 0.29) is 17.1 Å². The fourth-order valence-electron chi connectivity index (χ4n) is 2.27. The summed E-state index contributed by atoms with van der Waals surface area (Å²) < 4.78 is 3.21. The van der Waals surface area contributed by atoms with Crippen molar-refractivity contribution in [2.75, 3.05) is 0 Å². The van der Waals surface area contributed by atoms with E-state index in [9.17, 15) is 0 Å². The Balaban J connectivity index is 0.000000175. The van der Waals surface area contributed by atoms with Crippen LogP contribution in [0.15, 0.2) is 105 Å². The van der Waals surface area contributed by atoms with Crippen molar-refractivity contribution < 1.29 is 35.0 Å².